The lowest BCUT2D eigenvalue weighted by Gasteiger charge is -2.08. The van der Waals surface area contributed by atoms with Crippen LogP contribution in [0, 0.1) is 24.0 Å². The maximum absolute atomic E-state index is 12.2. The molecule has 1 amide bonds. The molecule has 108 valence electrons. The Balaban J connectivity index is 2.37. The Morgan fingerprint density at radius 2 is 1.90 bits per heavy atom. The average molecular weight is 306 g/mol. The lowest BCUT2D eigenvalue weighted by molar-refractivity contribution is -0.385. The number of aromatic nitrogens is 1. The Morgan fingerprint density at radius 1 is 1.29 bits per heavy atom. The zero-order valence-electron chi connectivity index (χ0n) is 11.4. The first kappa shape index (κ1) is 14.9. The van der Waals surface area contributed by atoms with E-state index in [1.165, 1.54) is 12.3 Å². The van der Waals surface area contributed by atoms with Gasteiger partial charge in [0.05, 0.1) is 4.92 Å². The minimum Gasteiger partial charge on any atom is -0.322 e. The summed E-state index contributed by atoms with van der Waals surface area (Å²) in [6.45, 7) is 3.79. The van der Waals surface area contributed by atoms with E-state index in [-0.39, 0.29) is 10.7 Å². The molecule has 0 aliphatic carbocycles. The summed E-state index contributed by atoms with van der Waals surface area (Å²) in [5, 5.41) is 13.3. The topological polar surface area (TPSA) is 85.1 Å². The zero-order chi connectivity index (χ0) is 15.6. The molecule has 0 radical (unpaired) electrons. The second kappa shape index (κ2) is 5.88. The van der Waals surface area contributed by atoms with E-state index in [4.69, 9.17) is 11.6 Å². The van der Waals surface area contributed by atoms with E-state index in [0.717, 1.165) is 11.1 Å². The number of aryl methyl sites for hydroxylation is 2. The van der Waals surface area contributed by atoms with Crippen LogP contribution >= 0.6 is 11.6 Å². The normalized spacial score (nSPS) is 10.2. The van der Waals surface area contributed by atoms with Crippen molar-refractivity contribution in [2.24, 2.45) is 0 Å². The van der Waals surface area contributed by atoms with Gasteiger partial charge >= 0.3 is 5.69 Å². The van der Waals surface area contributed by atoms with Crippen molar-refractivity contribution in [3.8, 4) is 0 Å². The minimum absolute atomic E-state index is 0.126. The third kappa shape index (κ3) is 3.35. The van der Waals surface area contributed by atoms with E-state index in [2.05, 4.69) is 10.3 Å². The van der Waals surface area contributed by atoms with E-state index >= 15 is 0 Å². The summed E-state index contributed by atoms with van der Waals surface area (Å²) in [6, 6.07) is 6.78. The molecule has 1 heterocycles. The maximum atomic E-state index is 12.2. The fraction of sp³-hybridized carbons (Fsp3) is 0.143. The number of carbonyl (C=O) groups is 1. The predicted octanol–water partition coefficient (Wildman–Crippen LogP) is 3.51. The molecular weight excluding hydrogens is 294 g/mol. The lowest BCUT2D eigenvalue weighted by atomic mass is 10.1. The van der Waals surface area contributed by atoms with Gasteiger partial charge in [-0.05, 0) is 43.2 Å². The van der Waals surface area contributed by atoms with Crippen LogP contribution in [-0.2, 0) is 0 Å². The molecule has 2 rings (SSSR count). The standard InChI is InChI=1S/C14H12ClN3O3/c1-8-5-9(2)7-10(6-8)17-14(19)11-3-4-16-13(15)12(11)18(20)21/h3-7H,1-2H3,(H,17,19). The van der Waals surface area contributed by atoms with Crippen LogP contribution in [0.5, 0.6) is 0 Å². The highest BCUT2D eigenvalue weighted by Crippen LogP contribution is 2.27. The number of rotatable bonds is 3. The van der Waals surface area contributed by atoms with Gasteiger partial charge in [0.2, 0.25) is 5.15 Å². The third-order valence-electron chi connectivity index (χ3n) is 2.79. The molecule has 7 heteroatoms. The molecule has 6 nitrogen and oxygen atoms in total. The highest BCUT2D eigenvalue weighted by molar-refractivity contribution is 6.32. The third-order valence-corrected chi connectivity index (χ3v) is 3.06. The van der Waals surface area contributed by atoms with Crippen LogP contribution in [-0.4, -0.2) is 15.8 Å². The summed E-state index contributed by atoms with van der Waals surface area (Å²) in [5.41, 5.74) is 1.90. The van der Waals surface area contributed by atoms with E-state index in [0.29, 0.717) is 5.69 Å². The smallest absolute Gasteiger partial charge is 0.319 e. The van der Waals surface area contributed by atoms with Gasteiger partial charge in [-0.15, -0.1) is 0 Å². The average Bonchev–Trinajstić information content (AvgIpc) is 2.36. The number of amides is 1. The highest BCUT2D eigenvalue weighted by Gasteiger charge is 2.24. The second-order valence-electron chi connectivity index (χ2n) is 4.59. The molecule has 1 aromatic heterocycles. The molecule has 0 bridgehead atoms. The van der Waals surface area contributed by atoms with Gasteiger partial charge in [-0.1, -0.05) is 17.7 Å². The van der Waals surface area contributed by atoms with Crippen molar-refractivity contribution in [1.82, 2.24) is 4.98 Å². The Labute approximate surface area is 125 Å². The fourth-order valence-corrected chi connectivity index (χ4v) is 2.26. The lowest BCUT2D eigenvalue weighted by Crippen LogP contribution is -2.14. The van der Waals surface area contributed by atoms with Gasteiger partial charge in [0.15, 0.2) is 0 Å². The number of carbonyl (C=O) groups excluding carboxylic acids is 1. The van der Waals surface area contributed by atoms with E-state index < -0.39 is 16.5 Å². The van der Waals surface area contributed by atoms with Gasteiger partial charge in [0.1, 0.15) is 5.56 Å². The van der Waals surface area contributed by atoms with Crippen LogP contribution in [0.25, 0.3) is 0 Å². The molecule has 21 heavy (non-hydrogen) atoms. The van der Waals surface area contributed by atoms with Crippen molar-refractivity contribution >= 4 is 28.9 Å². The van der Waals surface area contributed by atoms with Crippen LogP contribution in [0.4, 0.5) is 11.4 Å². The van der Waals surface area contributed by atoms with Crippen molar-refractivity contribution in [2.75, 3.05) is 5.32 Å². The van der Waals surface area contributed by atoms with Gasteiger partial charge in [0.25, 0.3) is 5.91 Å². The molecule has 0 unspecified atom stereocenters. The Bertz CT molecular complexity index is 711. The number of benzene rings is 1. The monoisotopic (exact) mass is 305 g/mol. The first-order valence-electron chi connectivity index (χ1n) is 6.07. The summed E-state index contributed by atoms with van der Waals surface area (Å²) >= 11 is 5.69. The second-order valence-corrected chi connectivity index (χ2v) is 4.94. The molecule has 0 atom stereocenters. The molecule has 0 fully saturated rings. The highest BCUT2D eigenvalue weighted by atomic mass is 35.5. The Morgan fingerprint density at radius 3 is 2.48 bits per heavy atom. The number of anilines is 1. The largest absolute Gasteiger partial charge is 0.322 e. The van der Waals surface area contributed by atoms with Gasteiger partial charge in [-0.2, -0.15) is 0 Å². The molecule has 0 spiro atoms. The number of hydrogen-bond acceptors (Lipinski definition) is 4. The number of pyridine rings is 1. The maximum Gasteiger partial charge on any atom is 0.319 e. The number of hydrogen-bond donors (Lipinski definition) is 1. The van der Waals surface area contributed by atoms with Gasteiger partial charge in [0, 0.05) is 11.9 Å². The first-order valence-corrected chi connectivity index (χ1v) is 6.45. The summed E-state index contributed by atoms with van der Waals surface area (Å²) in [7, 11) is 0. The van der Waals surface area contributed by atoms with Gasteiger partial charge in [-0.3, -0.25) is 14.9 Å². The molecule has 1 N–H and O–H groups in total. The summed E-state index contributed by atoms with van der Waals surface area (Å²) in [5.74, 6) is -0.601. The van der Waals surface area contributed by atoms with E-state index in [1.54, 1.807) is 12.1 Å². The fourth-order valence-electron chi connectivity index (χ4n) is 2.03. The minimum atomic E-state index is -0.717. The number of nitrogens with zero attached hydrogens (tertiary/aromatic N) is 2. The van der Waals surface area contributed by atoms with Crippen LogP contribution in [0.15, 0.2) is 30.5 Å². The number of halogens is 1. The van der Waals surface area contributed by atoms with Gasteiger partial charge < -0.3 is 5.32 Å². The van der Waals surface area contributed by atoms with Crippen molar-refractivity contribution in [3.05, 3.63) is 62.4 Å². The number of nitrogens with one attached hydrogen (secondary N) is 1. The summed E-state index contributed by atoms with van der Waals surface area (Å²) in [6.07, 6.45) is 1.26. The van der Waals surface area contributed by atoms with E-state index in [1.807, 2.05) is 19.9 Å². The quantitative estimate of drug-likeness (QED) is 0.534. The van der Waals surface area contributed by atoms with Gasteiger partial charge in [-0.25, -0.2) is 4.98 Å². The summed E-state index contributed by atoms with van der Waals surface area (Å²) in [4.78, 5) is 26.1. The van der Waals surface area contributed by atoms with Crippen LogP contribution in [0.2, 0.25) is 5.15 Å². The SMILES string of the molecule is Cc1cc(C)cc(NC(=O)c2ccnc(Cl)c2[N+](=O)[O-])c1. The van der Waals surface area contributed by atoms with Crippen molar-refractivity contribution in [2.45, 2.75) is 13.8 Å². The Hall–Kier alpha value is -2.47. The van der Waals surface area contributed by atoms with Crippen molar-refractivity contribution in [1.29, 1.82) is 0 Å². The molecule has 0 saturated carbocycles. The van der Waals surface area contributed by atoms with Crippen molar-refractivity contribution in [3.63, 3.8) is 0 Å². The molecule has 2 aromatic rings. The summed E-state index contributed by atoms with van der Waals surface area (Å²) < 4.78 is 0. The van der Waals surface area contributed by atoms with E-state index in [9.17, 15) is 14.9 Å². The predicted molar refractivity (Wildman–Crippen MR) is 79.8 cm³/mol. The molecule has 1 aromatic carbocycles. The van der Waals surface area contributed by atoms with Crippen molar-refractivity contribution < 1.29 is 9.72 Å². The Kier molecular flexibility index (Phi) is 4.18. The zero-order valence-corrected chi connectivity index (χ0v) is 12.1. The molecule has 0 aliphatic heterocycles. The molecule has 0 saturated heterocycles. The number of nitro groups is 1. The first-order chi connectivity index (χ1) is 9.88. The van der Waals surface area contributed by atoms with Crippen LogP contribution in [0.1, 0.15) is 21.5 Å². The molecule has 0 aliphatic rings. The van der Waals surface area contributed by atoms with Crippen LogP contribution in [0.3, 0.4) is 0 Å². The van der Waals surface area contributed by atoms with Crippen LogP contribution < -0.4 is 5.32 Å². The molecular formula is C14H12ClN3O3.